The molecule has 0 aliphatic carbocycles. The molecule has 0 fully saturated rings. The van der Waals surface area contributed by atoms with E-state index in [0.717, 1.165) is 0 Å². The molecule has 0 saturated heterocycles. The summed E-state index contributed by atoms with van der Waals surface area (Å²) in [6.45, 7) is 6.64. The maximum absolute atomic E-state index is 11.8. The van der Waals surface area contributed by atoms with Crippen molar-refractivity contribution >= 4 is 11.9 Å². The van der Waals surface area contributed by atoms with Gasteiger partial charge in [-0.25, -0.2) is 0 Å². The van der Waals surface area contributed by atoms with E-state index < -0.39 is 16.9 Å². The van der Waals surface area contributed by atoms with Crippen molar-refractivity contribution in [3.63, 3.8) is 0 Å². The highest BCUT2D eigenvalue weighted by atomic mass is 16.4. The number of aliphatic carboxylic acids is 1. The number of hydrogen-bond acceptors (Lipinski definition) is 3. The van der Waals surface area contributed by atoms with Crippen LogP contribution in [0.1, 0.15) is 27.7 Å². The van der Waals surface area contributed by atoms with E-state index in [1.165, 1.54) is 4.68 Å². The first kappa shape index (κ1) is 14.2. The molecule has 1 heterocycles. The highest BCUT2D eigenvalue weighted by molar-refractivity contribution is 5.80. The third kappa shape index (κ3) is 2.88. The molecule has 0 aliphatic rings. The molecule has 0 saturated carbocycles. The fourth-order valence-electron chi connectivity index (χ4n) is 1.35. The normalized spacial score (nSPS) is 12.2. The average Bonchev–Trinajstić information content (AvgIpc) is 2.68. The van der Waals surface area contributed by atoms with Crippen molar-refractivity contribution < 1.29 is 14.7 Å². The van der Waals surface area contributed by atoms with Gasteiger partial charge >= 0.3 is 5.97 Å². The first-order valence-electron chi connectivity index (χ1n) is 5.68. The van der Waals surface area contributed by atoms with Gasteiger partial charge in [0.2, 0.25) is 5.91 Å². The van der Waals surface area contributed by atoms with Crippen molar-refractivity contribution in [1.82, 2.24) is 15.1 Å². The molecular weight excluding hydrogens is 234 g/mol. The van der Waals surface area contributed by atoms with Gasteiger partial charge in [-0.05, 0) is 33.8 Å². The summed E-state index contributed by atoms with van der Waals surface area (Å²) in [6.07, 6.45) is 3.26. The van der Waals surface area contributed by atoms with Crippen LogP contribution < -0.4 is 5.32 Å². The lowest BCUT2D eigenvalue weighted by Gasteiger charge is -2.38. The quantitative estimate of drug-likeness (QED) is 0.816. The van der Waals surface area contributed by atoms with E-state index in [9.17, 15) is 14.7 Å². The Morgan fingerprint density at radius 2 is 1.94 bits per heavy atom. The Morgan fingerprint density at radius 3 is 2.39 bits per heavy atom. The third-order valence-corrected chi connectivity index (χ3v) is 3.41. The van der Waals surface area contributed by atoms with Gasteiger partial charge in [-0.3, -0.25) is 14.3 Å². The van der Waals surface area contributed by atoms with Gasteiger partial charge in [-0.15, -0.1) is 0 Å². The molecule has 0 radical (unpaired) electrons. The summed E-state index contributed by atoms with van der Waals surface area (Å²) in [7, 11) is 0. The lowest BCUT2D eigenvalue weighted by atomic mass is 9.74. The van der Waals surface area contributed by atoms with Gasteiger partial charge in [-0.1, -0.05) is 0 Å². The number of amides is 1. The Morgan fingerprint density at radius 1 is 1.33 bits per heavy atom. The molecule has 0 bridgehead atoms. The zero-order chi connectivity index (χ0) is 14.0. The monoisotopic (exact) mass is 253 g/mol. The Labute approximate surface area is 106 Å². The molecule has 1 aromatic rings. The highest BCUT2D eigenvalue weighted by Gasteiger charge is 2.44. The van der Waals surface area contributed by atoms with Gasteiger partial charge in [0.25, 0.3) is 0 Å². The van der Waals surface area contributed by atoms with Crippen LogP contribution in [0.25, 0.3) is 0 Å². The van der Waals surface area contributed by atoms with Crippen LogP contribution in [0.2, 0.25) is 0 Å². The number of carbonyl (C=O) groups excluding carboxylic acids is 1. The topological polar surface area (TPSA) is 84.2 Å². The molecule has 0 spiro atoms. The first-order chi connectivity index (χ1) is 8.17. The van der Waals surface area contributed by atoms with Crippen LogP contribution in [-0.2, 0) is 16.1 Å². The summed E-state index contributed by atoms with van der Waals surface area (Å²) >= 11 is 0. The number of carboxylic acids is 1. The van der Waals surface area contributed by atoms with Gasteiger partial charge < -0.3 is 10.4 Å². The summed E-state index contributed by atoms with van der Waals surface area (Å²) in [6, 6.07) is 1.72. The molecule has 18 heavy (non-hydrogen) atoms. The lowest BCUT2D eigenvalue weighted by Crippen LogP contribution is -2.57. The van der Waals surface area contributed by atoms with E-state index in [4.69, 9.17) is 0 Å². The van der Waals surface area contributed by atoms with E-state index in [1.807, 2.05) is 0 Å². The second-order valence-electron chi connectivity index (χ2n) is 5.31. The summed E-state index contributed by atoms with van der Waals surface area (Å²) < 4.78 is 1.49. The van der Waals surface area contributed by atoms with E-state index >= 15 is 0 Å². The molecule has 0 unspecified atom stereocenters. The van der Waals surface area contributed by atoms with Crippen LogP contribution in [0.3, 0.4) is 0 Å². The average molecular weight is 253 g/mol. The SMILES string of the molecule is CC(C)(NC(=O)Cn1cccn1)C(C)(C)C(=O)O. The maximum Gasteiger partial charge on any atom is 0.311 e. The second kappa shape index (κ2) is 4.80. The molecule has 100 valence electrons. The van der Waals surface area contributed by atoms with E-state index in [0.29, 0.717) is 0 Å². The molecule has 1 rings (SSSR count). The fourth-order valence-corrected chi connectivity index (χ4v) is 1.35. The smallest absolute Gasteiger partial charge is 0.311 e. The summed E-state index contributed by atoms with van der Waals surface area (Å²) in [5.74, 6) is -1.22. The van der Waals surface area contributed by atoms with Gasteiger partial charge in [0.15, 0.2) is 0 Å². The van der Waals surface area contributed by atoms with Gasteiger partial charge in [-0.2, -0.15) is 5.10 Å². The summed E-state index contributed by atoms with van der Waals surface area (Å²) in [5, 5.41) is 15.8. The van der Waals surface area contributed by atoms with Crippen molar-refractivity contribution in [3.05, 3.63) is 18.5 Å². The van der Waals surface area contributed by atoms with Crippen LogP contribution in [0.4, 0.5) is 0 Å². The lowest BCUT2D eigenvalue weighted by molar-refractivity contribution is -0.151. The molecule has 0 atom stereocenters. The number of nitrogens with zero attached hydrogens (tertiary/aromatic N) is 2. The Balaban J connectivity index is 2.71. The number of nitrogens with one attached hydrogen (secondary N) is 1. The zero-order valence-corrected chi connectivity index (χ0v) is 11.1. The molecule has 0 aliphatic heterocycles. The van der Waals surface area contributed by atoms with Crippen molar-refractivity contribution in [2.24, 2.45) is 5.41 Å². The number of hydrogen-bond donors (Lipinski definition) is 2. The fraction of sp³-hybridized carbons (Fsp3) is 0.583. The number of aromatic nitrogens is 2. The first-order valence-corrected chi connectivity index (χ1v) is 5.68. The number of rotatable bonds is 5. The molecule has 6 nitrogen and oxygen atoms in total. The highest BCUT2D eigenvalue weighted by Crippen LogP contribution is 2.30. The summed E-state index contributed by atoms with van der Waals surface area (Å²) in [5.41, 5.74) is -1.92. The number of carboxylic acid groups (broad SMARTS) is 1. The second-order valence-corrected chi connectivity index (χ2v) is 5.31. The van der Waals surface area contributed by atoms with Crippen molar-refractivity contribution in [1.29, 1.82) is 0 Å². The van der Waals surface area contributed by atoms with E-state index in [2.05, 4.69) is 10.4 Å². The molecule has 0 aromatic carbocycles. The minimum atomic E-state index is -1.06. The Bertz CT molecular complexity index is 435. The van der Waals surface area contributed by atoms with Crippen LogP contribution in [-0.4, -0.2) is 32.3 Å². The molecule has 1 amide bonds. The van der Waals surface area contributed by atoms with Crippen LogP contribution in [0.5, 0.6) is 0 Å². The molecular formula is C12H19N3O3. The maximum atomic E-state index is 11.8. The van der Waals surface area contributed by atoms with Crippen LogP contribution >= 0.6 is 0 Å². The van der Waals surface area contributed by atoms with Crippen molar-refractivity contribution in [3.8, 4) is 0 Å². The predicted molar refractivity (Wildman–Crippen MR) is 65.9 cm³/mol. The minimum Gasteiger partial charge on any atom is -0.481 e. The Kier molecular flexibility index (Phi) is 3.79. The van der Waals surface area contributed by atoms with Crippen molar-refractivity contribution in [2.45, 2.75) is 39.8 Å². The van der Waals surface area contributed by atoms with E-state index in [-0.39, 0.29) is 12.5 Å². The predicted octanol–water partition coefficient (Wildman–Crippen LogP) is 0.889. The van der Waals surface area contributed by atoms with Crippen molar-refractivity contribution in [2.75, 3.05) is 0 Å². The van der Waals surface area contributed by atoms with Crippen LogP contribution in [0, 0.1) is 5.41 Å². The largest absolute Gasteiger partial charge is 0.481 e. The molecule has 2 N–H and O–H groups in total. The van der Waals surface area contributed by atoms with Gasteiger partial charge in [0, 0.05) is 12.4 Å². The van der Waals surface area contributed by atoms with E-state index in [1.54, 1.807) is 46.2 Å². The van der Waals surface area contributed by atoms with Crippen LogP contribution in [0.15, 0.2) is 18.5 Å². The van der Waals surface area contributed by atoms with Gasteiger partial charge in [0.05, 0.1) is 11.0 Å². The molecule has 6 heteroatoms. The minimum absolute atomic E-state index is 0.0755. The summed E-state index contributed by atoms with van der Waals surface area (Å²) in [4.78, 5) is 23.0. The Hall–Kier alpha value is -1.85. The van der Waals surface area contributed by atoms with Gasteiger partial charge in [0.1, 0.15) is 6.54 Å². The zero-order valence-electron chi connectivity index (χ0n) is 11.1. The molecule has 1 aromatic heterocycles. The standard InChI is InChI=1S/C12H19N3O3/c1-11(2,10(17)18)12(3,4)14-9(16)8-15-7-5-6-13-15/h5-7H,8H2,1-4H3,(H,14,16)(H,17,18). The number of carbonyl (C=O) groups is 2. The third-order valence-electron chi connectivity index (χ3n) is 3.41.